The van der Waals surface area contributed by atoms with Gasteiger partial charge in [0.2, 0.25) is 5.91 Å². The van der Waals surface area contributed by atoms with Crippen molar-refractivity contribution in [1.82, 2.24) is 10.3 Å². The second-order valence-electron chi connectivity index (χ2n) is 4.12. The number of hydrogen-bond donors (Lipinski definition) is 1. The van der Waals surface area contributed by atoms with Crippen molar-refractivity contribution >= 4 is 44.8 Å². The fraction of sp³-hybridized carbons (Fsp3) is 0.417. The van der Waals surface area contributed by atoms with Crippen LogP contribution in [-0.2, 0) is 16.1 Å². The van der Waals surface area contributed by atoms with Crippen LogP contribution in [0.25, 0.3) is 0 Å². The molecule has 2 amide bonds. The van der Waals surface area contributed by atoms with E-state index in [1.165, 1.54) is 0 Å². The maximum Gasteiger partial charge on any atom is 0.270 e. The summed E-state index contributed by atoms with van der Waals surface area (Å²) in [6, 6.07) is 3.96. The molecule has 0 radical (unpaired) electrons. The van der Waals surface area contributed by atoms with Gasteiger partial charge in [-0.15, -0.1) is 11.3 Å². The lowest BCUT2D eigenvalue weighted by Gasteiger charge is -2.22. The average molecular weight is 344 g/mol. The lowest BCUT2D eigenvalue weighted by atomic mass is 10.1. The first-order valence-corrected chi connectivity index (χ1v) is 7.60. The lowest BCUT2D eigenvalue weighted by Crippen LogP contribution is -2.39. The molecule has 0 saturated carbocycles. The third kappa shape index (κ3) is 3.63. The molecule has 7 heteroatoms. The van der Waals surface area contributed by atoms with Gasteiger partial charge in [-0.2, -0.15) is 5.10 Å². The Kier molecular flexibility index (Phi) is 4.71. The maximum absolute atomic E-state index is 12.3. The number of thiophene rings is 1. The molecule has 5 nitrogen and oxygen atoms in total. The van der Waals surface area contributed by atoms with Crippen molar-refractivity contribution < 1.29 is 9.59 Å². The molecule has 2 rings (SSSR count). The van der Waals surface area contributed by atoms with E-state index >= 15 is 0 Å². The third-order valence-electron chi connectivity index (χ3n) is 2.80. The predicted octanol–water partition coefficient (Wildman–Crippen LogP) is 2.13. The van der Waals surface area contributed by atoms with Crippen molar-refractivity contribution in [3.8, 4) is 0 Å². The average Bonchev–Trinajstić information content (AvgIpc) is 2.81. The minimum atomic E-state index is -0.137. The molecule has 0 unspecified atom stereocenters. The number of hydrazone groups is 1. The molecule has 1 aromatic rings. The van der Waals surface area contributed by atoms with Gasteiger partial charge in [0.1, 0.15) is 5.71 Å². The second kappa shape index (κ2) is 6.29. The predicted molar refractivity (Wildman–Crippen MR) is 77.9 cm³/mol. The summed E-state index contributed by atoms with van der Waals surface area (Å²) in [5.74, 6) is -0.242. The molecule has 19 heavy (non-hydrogen) atoms. The van der Waals surface area contributed by atoms with Crippen LogP contribution in [0.3, 0.4) is 0 Å². The van der Waals surface area contributed by atoms with Crippen molar-refractivity contribution in [2.24, 2.45) is 5.10 Å². The van der Waals surface area contributed by atoms with E-state index in [1.807, 2.05) is 19.1 Å². The number of rotatable bonds is 4. The highest BCUT2D eigenvalue weighted by Crippen LogP contribution is 2.23. The lowest BCUT2D eigenvalue weighted by molar-refractivity contribution is -0.125. The first kappa shape index (κ1) is 14.2. The van der Waals surface area contributed by atoms with Crippen LogP contribution in [0.4, 0.5) is 0 Å². The highest BCUT2D eigenvalue weighted by atomic mass is 79.9. The highest BCUT2D eigenvalue weighted by molar-refractivity contribution is 9.11. The smallest absolute Gasteiger partial charge is 0.270 e. The van der Waals surface area contributed by atoms with E-state index < -0.39 is 0 Å². The van der Waals surface area contributed by atoms with Gasteiger partial charge in [0.05, 0.1) is 10.3 Å². The molecule has 1 aliphatic heterocycles. The Morgan fingerprint density at radius 3 is 2.84 bits per heavy atom. The van der Waals surface area contributed by atoms with E-state index in [0.717, 1.165) is 8.66 Å². The van der Waals surface area contributed by atoms with Gasteiger partial charge in [-0.3, -0.25) is 9.59 Å². The molecule has 0 atom stereocenters. The fourth-order valence-corrected chi connectivity index (χ4v) is 3.26. The molecule has 102 valence electrons. The van der Waals surface area contributed by atoms with E-state index in [1.54, 1.807) is 16.2 Å². The summed E-state index contributed by atoms with van der Waals surface area (Å²) < 4.78 is 1.05. The van der Waals surface area contributed by atoms with E-state index in [-0.39, 0.29) is 11.8 Å². The molecule has 0 saturated heterocycles. The number of nitrogens with zero attached hydrogens (tertiary/aromatic N) is 2. The van der Waals surface area contributed by atoms with Crippen molar-refractivity contribution in [2.45, 2.75) is 26.3 Å². The van der Waals surface area contributed by atoms with Crippen molar-refractivity contribution in [1.29, 1.82) is 0 Å². The molecular weight excluding hydrogens is 330 g/mol. The molecule has 1 aromatic heterocycles. The van der Waals surface area contributed by atoms with Gasteiger partial charge in [-0.25, -0.2) is 5.43 Å². The van der Waals surface area contributed by atoms with Crippen LogP contribution in [0.5, 0.6) is 0 Å². The number of nitrogens with one attached hydrogen (secondary N) is 1. The standard InChI is InChI=1S/C12H14BrN3O2S/c1-2-16(7-8-3-5-10(13)19-8)12(18)9-4-6-11(17)15-14-9/h3,5H,2,4,6-7H2,1H3,(H,15,17). The van der Waals surface area contributed by atoms with Gasteiger partial charge in [-0.1, -0.05) is 0 Å². The van der Waals surface area contributed by atoms with Crippen LogP contribution in [-0.4, -0.2) is 29.0 Å². The fourth-order valence-electron chi connectivity index (χ4n) is 1.76. The Morgan fingerprint density at radius 2 is 2.32 bits per heavy atom. The Bertz CT molecular complexity index is 527. The zero-order valence-corrected chi connectivity index (χ0v) is 12.9. The first-order chi connectivity index (χ1) is 9.10. The minimum absolute atomic E-state index is 0.105. The van der Waals surface area contributed by atoms with Gasteiger partial charge in [-0.05, 0) is 35.0 Å². The quantitative estimate of drug-likeness (QED) is 0.910. The molecule has 0 spiro atoms. The molecule has 0 aromatic carbocycles. The summed E-state index contributed by atoms with van der Waals surface area (Å²) in [5, 5.41) is 3.85. The molecule has 2 heterocycles. The zero-order valence-electron chi connectivity index (χ0n) is 10.5. The molecule has 1 aliphatic rings. The summed E-state index contributed by atoms with van der Waals surface area (Å²) >= 11 is 5.02. The number of hydrogen-bond acceptors (Lipinski definition) is 4. The van der Waals surface area contributed by atoms with Crippen LogP contribution in [0.2, 0.25) is 0 Å². The zero-order chi connectivity index (χ0) is 13.8. The molecule has 0 aliphatic carbocycles. The molecule has 0 bridgehead atoms. The Balaban J connectivity index is 2.05. The third-order valence-corrected chi connectivity index (χ3v) is 4.40. The van der Waals surface area contributed by atoms with E-state index in [0.29, 0.717) is 31.6 Å². The maximum atomic E-state index is 12.3. The van der Waals surface area contributed by atoms with Crippen LogP contribution < -0.4 is 5.43 Å². The van der Waals surface area contributed by atoms with Crippen molar-refractivity contribution in [2.75, 3.05) is 6.54 Å². The summed E-state index contributed by atoms with van der Waals surface area (Å²) in [6.07, 6.45) is 0.738. The van der Waals surface area contributed by atoms with Gasteiger partial charge < -0.3 is 4.90 Å². The number of halogens is 1. The molecule has 1 N–H and O–H groups in total. The van der Waals surface area contributed by atoms with Crippen molar-refractivity contribution in [3.05, 3.63) is 20.8 Å². The second-order valence-corrected chi connectivity index (χ2v) is 6.67. The number of carbonyl (C=O) groups excluding carboxylic acids is 2. The minimum Gasteiger partial charge on any atom is -0.333 e. The monoisotopic (exact) mass is 343 g/mol. The van der Waals surface area contributed by atoms with Crippen LogP contribution >= 0.6 is 27.3 Å². The largest absolute Gasteiger partial charge is 0.333 e. The highest BCUT2D eigenvalue weighted by Gasteiger charge is 2.23. The van der Waals surface area contributed by atoms with Gasteiger partial charge in [0.15, 0.2) is 0 Å². The van der Waals surface area contributed by atoms with Gasteiger partial charge >= 0.3 is 0 Å². The van der Waals surface area contributed by atoms with Gasteiger partial charge in [0, 0.05) is 24.3 Å². The summed E-state index contributed by atoms with van der Waals surface area (Å²) in [5.41, 5.74) is 2.78. The van der Waals surface area contributed by atoms with Crippen molar-refractivity contribution in [3.63, 3.8) is 0 Å². The number of amides is 2. The van der Waals surface area contributed by atoms with E-state index in [2.05, 4.69) is 26.5 Å². The normalized spacial score (nSPS) is 14.8. The van der Waals surface area contributed by atoms with Gasteiger partial charge in [0.25, 0.3) is 5.91 Å². The molecular formula is C12H14BrN3O2S. The SMILES string of the molecule is CCN(Cc1ccc(Br)s1)C(=O)C1=NNC(=O)CC1. The molecule has 0 fully saturated rings. The Morgan fingerprint density at radius 1 is 1.53 bits per heavy atom. The summed E-state index contributed by atoms with van der Waals surface area (Å²) in [4.78, 5) is 26.1. The van der Waals surface area contributed by atoms with E-state index in [4.69, 9.17) is 0 Å². The Labute approximate surface area is 123 Å². The summed E-state index contributed by atoms with van der Waals surface area (Å²) in [6.45, 7) is 3.11. The van der Waals surface area contributed by atoms with Crippen LogP contribution in [0.1, 0.15) is 24.6 Å². The number of carbonyl (C=O) groups is 2. The van der Waals surface area contributed by atoms with E-state index in [9.17, 15) is 9.59 Å². The topological polar surface area (TPSA) is 61.8 Å². The van der Waals surface area contributed by atoms with Crippen LogP contribution in [0, 0.1) is 0 Å². The Hall–Kier alpha value is -1.21. The summed E-state index contributed by atoms with van der Waals surface area (Å²) in [7, 11) is 0. The van der Waals surface area contributed by atoms with Crippen LogP contribution in [0.15, 0.2) is 21.0 Å². The first-order valence-electron chi connectivity index (χ1n) is 5.99.